The van der Waals surface area contributed by atoms with Crippen LogP contribution < -0.4 is 0 Å². The summed E-state index contributed by atoms with van der Waals surface area (Å²) in [6.45, 7) is 15.1. The van der Waals surface area contributed by atoms with Gasteiger partial charge in [0, 0.05) is 26.4 Å². The second-order valence-electron chi connectivity index (χ2n) is 7.28. The van der Waals surface area contributed by atoms with Crippen molar-refractivity contribution >= 4 is 6.47 Å². The summed E-state index contributed by atoms with van der Waals surface area (Å²) in [6.07, 6.45) is 4.36. The van der Waals surface area contributed by atoms with Gasteiger partial charge in [0.15, 0.2) is 0 Å². The molecule has 0 heterocycles. The number of benzene rings is 1. The topological polar surface area (TPSA) is 65.0 Å². The molecular weight excluding hydrogens is 356 g/mol. The summed E-state index contributed by atoms with van der Waals surface area (Å²) in [6, 6.07) is 10.3. The van der Waals surface area contributed by atoms with Gasteiger partial charge >= 0.3 is 0 Å². The van der Waals surface area contributed by atoms with Crippen LogP contribution in [0.3, 0.4) is 0 Å². The number of ether oxygens (including phenoxy) is 3. The molecule has 0 radical (unpaired) electrons. The Morgan fingerprint density at radius 3 is 1.89 bits per heavy atom. The molecule has 0 amide bonds. The molecule has 0 aliphatic rings. The number of unbranched alkanes of at least 4 members (excludes halogenated alkanes) is 2. The van der Waals surface area contributed by atoms with Gasteiger partial charge < -0.3 is 19.3 Å². The first-order valence-electron chi connectivity index (χ1n) is 10.3. The minimum absolute atomic E-state index is 0.250. The largest absolute Gasteiger partial charge is 0.483 e. The fourth-order valence-electron chi connectivity index (χ4n) is 2.09. The summed E-state index contributed by atoms with van der Waals surface area (Å²) < 4.78 is 16.9. The van der Waals surface area contributed by atoms with Crippen LogP contribution in [0.2, 0.25) is 0 Å². The van der Waals surface area contributed by atoms with E-state index in [9.17, 15) is 0 Å². The van der Waals surface area contributed by atoms with Gasteiger partial charge in [0.2, 0.25) is 0 Å². The van der Waals surface area contributed by atoms with E-state index in [1.54, 1.807) is 0 Å². The Labute approximate surface area is 172 Å². The highest BCUT2D eigenvalue weighted by Gasteiger charge is 2.09. The highest BCUT2D eigenvalue weighted by molar-refractivity contribution is 5.32. The van der Waals surface area contributed by atoms with Crippen molar-refractivity contribution in [3.63, 3.8) is 0 Å². The van der Waals surface area contributed by atoms with Crippen molar-refractivity contribution in [2.24, 2.45) is 5.41 Å². The molecule has 0 fully saturated rings. The lowest BCUT2D eigenvalue weighted by molar-refractivity contribution is -0.122. The zero-order chi connectivity index (χ0) is 21.5. The van der Waals surface area contributed by atoms with Crippen LogP contribution in [0, 0.1) is 5.41 Å². The second-order valence-corrected chi connectivity index (χ2v) is 7.28. The van der Waals surface area contributed by atoms with Gasteiger partial charge in [-0.3, -0.25) is 4.79 Å². The number of hydrogen-bond donors (Lipinski definition) is 1. The van der Waals surface area contributed by atoms with Gasteiger partial charge in [-0.2, -0.15) is 0 Å². The van der Waals surface area contributed by atoms with Gasteiger partial charge in [-0.25, -0.2) is 0 Å². The van der Waals surface area contributed by atoms with Crippen LogP contribution in [0.5, 0.6) is 0 Å². The average molecular weight is 399 g/mol. The molecule has 0 bridgehead atoms. The predicted octanol–water partition coefficient (Wildman–Crippen LogP) is 5.57. The fraction of sp³-hybridized carbons (Fsp3) is 0.696. The lowest BCUT2D eigenvalue weighted by atomic mass is 9.99. The highest BCUT2D eigenvalue weighted by atomic mass is 16.5. The van der Waals surface area contributed by atoms with Crippen LogP contribution in [-0.4, -0.2) is 44.6 Å². The van der Waals surface area contributed by atoms with E-state index in [1.807, 2.05) is 32.0 Å². The molecule has 1 rings (SSSR count). The van der Waals surface area contributed by atoms with Crippen molar-refractivity contribution in [1.29, 1.82) is 0 Å². The Balaban J connectivity index is 0. The summed E-state index contributed by atoms with van der Waals surface area (Å²) in [4.78, 5) is 8.36. The van der Waals surface area contributed by atoms with Crippen LogP contribution in [0.15, 0.2) is 30.3 Å². The van der Waals surface area contributed by atoms with Crippen LogP contribution in [0.1, 0.15) is 65.9 Å². The van der Waals surface area contributed by atoms with E-state index in [0.29, 0.717) is 6.61 Å². The zero-order valence-electron chi connectivity index (χ0n) is 18.6. The van der Waals surface area contributed by atoms with Gasteiger partial charge in [-0.15, -0.1) is 0 Å². The van der Waals surface area contributed by atoms with Crippen LogP contribution in [0.25, 0.3) is 0 Å². The van der Waals surface area contributed by atoms with E-state index in [0.717, 1.165) is 58.7 Å². The first kappa shape index (κ1) is 28.8. The van der Waals surface area contributed by atoms with Crippen LogP contribution >= 0.6 is 0 Å². The van der Waals surface area contributed by atoms with E-state index >= 15 is 0 Å². The molecule has 1 aromatic rings. The van der Waals surface area contributed by atoms with Crippen molar-refractivity contribution in [1.82, 2.24) is 0 Å². The van der Waals surface area contributed by atoms with E-state index in [-0.39, 0.29) is 11.9 Å². The van der Waals surface area contributed by atoms with Crippen molar-refractivity contribution in [2.75, 3.05) is 33.0 Å². The summed E-state index contributed by atoms with van der Waals surface area (Å²) in [7, 11) is 0. The first-order valence-corrected chi connectivity index (χ1v) is 10.3. The van der Waals surface area contributed by atoms with E-state index in [1.165, 1.54) is 5.56 Å². The molecule has 0 saturated heterocycles. The molecule has 0 aromatic heterocycles. The Morgan fingerprint density at radius 1 is 0.821 bits per heavy atom. The van der Waals surface area contributed by atoms with Gasteiger partial charge in [0.1, 0.15) is 0 Å². The molecule has 1 N–H and O–H groups in total. The number of hydrogen-bond acceptors (Lipinski definition) is 4. The molecule has 0 atom stereocenters. The maximum absolute atomic E-state index is 8.36. The van der Waals surface area contributed by atoms with Gasteiger partial charge in [0.05, 0.1) is 13.2 Å². The third-order valence-corrected chi connectivity index (χ3v) is 3.30. The van der Waals surface area contributed by atoms with Crippen molar-refractivity contribution in [2.45, 2.75) is 66.9 Å². The maximum Gasteiger partial charge on any atom is 0.290 e. The van der Waals surface area contributed by atoms with Crippen LogP contribution in [-0.2, 0) is 25.6 Å². The molecule has 0 spiro atoms. The Hall–Kier alpha value is -1.43. The molecule has 1 aromatic carbocycles. The molecule has 0 aliphatic heterocycles. The zero-order valence-corrected chi connectivity index (χ0v) is 18.6. The van der Waals surface area contributed by atoms with Crippen molar-refractivity contribution in [3.8, 4) is 0 Å². The van der Waals surface area contributed by atoms with Gasteiger partial charge in [-0.05, 0) is 36.7 Å². The smallest absolute Gasteiger partial charge is 0.290 e. The third-order valence-electron chi connectivity index (χ3n) is 3.30. The average Bonchev–Trinajstić information content (AvgIpc) is 2.68. The van der Waals surface area contributed by atoms with Gasteiger partial charge in [-0.1, -0.05) is 65.0 Å². The monoisotopic (exact) mass is 398 g/mol. The maximum atomic E-state index is 8.36. The molecule has 164 valence electrons. The standard InChI is InChI=1S/C20H34O3.C2H6.CH2O2/c1-20(2,3)18-23-16-10-15-21-13-8-5-9-14-22-17-19-11-6-4-7-12-19;1-2;2-1-3/h4,6-7,11-12H,5,8-10,13-18H2,1-3H3;1-2H3;1H,(H,2,3). The molecule has 5 heteroatoms. The van der Waals surface area contributed by atoms with Crippen molar-refractivity contribution in [3.05, 3.63) is 35.9 Å². The summed E-state index contributed by atoms with van der Waals surface area (Å²) >= 11 is 0. The Bertz CT molecular complexity index is 415. The second kappa shape index (κ2) is 21.9. The molecule has 0 unspecified atom stereocenters. The Kier molecular flexibility index (Phi) is 22.5. The Morgan fingerprint density at radius 2 is 1.32 bits per heavy atom. The molecular formula is C23H42O5. The normalized spacial score (nSPS) is 10.3. The lowest BCUT2D eigenvalue weighted by Crippen LogP contribution is -2.15. The number of carbonyl (C=O) groups is 1. The number of carboxylic acid groups (broad SMARTS) is 1. The van der Waals surface area contributed by atoms with E-state index in [4.69, 9.17) is 24.1 Å². The first-order chi connectivity index (χ1) is 13.5. The minimum atomic E-state index is -0.250. The minimum Gasteiger partial charge on any atom is -0.483 e. The summed E-state index contributed by atoms with van der Waals surface area (Å²) in [5, 5.41) is 6.89. The molecule has 5 nitrogen and oxygen atoms in total. The number of rotatable bonds is 13. The van der Waals surface area contributed by atoms with E-state index in [2.05, 4.69) is 32.9 Å². The van der Waals surface area contributed by atoms with Gasteiger partial charge in [0.25, 0.3) is 6.47 Å². The molecule has 28 heavy (non-hydrogen) atoms. The molecule has 0 saturated carbocycles. The van der Waals surface area contributed by atoms with Crippen LogP contribution in [0.4, 0.5) is 0 Å². The SMILES string of the molecule is CC.CC(C)(C)COCCCOCCCCCOCc1ccccc1.O=CO. The van der Waals surface area contributed by atoms with E-state index < -0.39 is 0 Å². The quantitative estimate of drug-likeness (QED) is 0.347. The highest BCUT2D eigenvalue weighted by Crippen LogP contribution is 2.12. The van der Waals surface area contributed by atoms with Crippen molar-refractivity contribution < 1.29 is 24.1 Å². The molecule has 0 aliphatic carbocycles. The predicted molar refractivity (Wildman–Crippen MR) is 116 cm³/mol. The summed E-state index contributed by atoms with van der Waals surface area (Å²) in [5.41, 5.74) is 1.49. The lowest BCUT2D eigenvalue weighted by Gasteiger charge is -2.17. The summed E-state index contributed by atoms with van der Waals surface area (Å²) in [5.74, 6) is 0. The third kappa shape index (κ3) is 24.6. The fourth-order valence-corrected chi connectivity index (χ4v) is 2.09.